The quantitative estimate of drug-likeness (QED) is 0.591. The molecule has 0 atom stereocenters. The Morgan fingerprint density at radius 3 is 2.78 bits per heavy atom. The first kappa shape index (κ1) is 6.29. The lowest BCUT2D eigenvalue weighted by Gasteiger charge is -1.94. The Bertz CT molecular complexity index is 185. The van der Waals surface area contributed by atoms with Gasteiger partial charge in [0.1, 0.15) is 0 Å². The summed E-state index contributed by atoms with van der Waals surface area (Å²) in [5.41, 5.74) is 0. The van der Waals surface area contributed by atoms with Gasteiger partial charge in [-0.05, 0) is 6.07 Å². The predicted octanol–water partition coefficient (Wildman–Crippen LogP) is 1.65. The number of hydrogen-bond donors (Lipinski definition) is 0. The number of ether oxygens (including phenoxy) is 1. The van der Waals surface area contributed by atoms with Crippen molar-refractivity contribution < 1.29 is 4.74 Å². The molecule has 0 amide bonds. The molecule has 0 aliphatic carbocycles. The van der Waals surface area contributed by atoms with E-state index in [2.05, 4.69) is 4.98 Å². The molecule has 1 aromatic heterocycles. The lowest BCUT2D eigenvalue weighted by molar-refractivity contribution is 0.397. The highest BCUT2D eigenvalue weighted by molar-refractivity contribution is 7.80. The van der Waals surface area contributed by atoms with Crippen LogP contribution in [-0.4, -0.2) is 12.1 Å². The van der Waals surface area contributed by atoms with E-state index in [0.717, 1.165) is 4.90 Å². The molecule has 0 aromatic carbocycles. The number of methoxy groups -OCH3 is 1. The van der Waals surface area contributed by atoms with E-state index in [0.29, 0.717) is 5.88 Å². The zero-order valence-corrected chi connectivity index (χ0v) is 5.81. The summed E-state index contributed by atoms with van der Waals surface area (Å²) in [6, 6.07) is 3.52. The Kier molecular flexibility index (Phi) is 1.85. The first-order chi connectivity index (χ1) is 4.33. The van der Waals surface area contributed by atoms with Crippen LogP contribution in [0.15, 0.2) is 23.2 Å². The van der Waals surface area contributed by atoms with Gasteiger partial charge in [-0.2, -0.15) is 0 Å². The summed E-state index contributed by atoms with van der Waals surface area (Å²) in [7, 11) is 1.57. The lowest BCUT2D eigenvalue weighted by Crippen LogP contribution is -1.84. The van der Waals surface area contributed by atoms with E-state index in [1.165, 1.54) is 0 Å². The van der Waals surface area contributed by atoms with Crippen molar-refractivity contribution in [3.63, 3.8) is 0 Å². The van der Waals surface area contributed by atoms with Crippen LogP contribution in [0.5, 0.6) is 5.88 Å². The van der Waals surface area contributed by atoms with Gasteiger partial charge in [-0.3, -0.25) is 0 Å². The summed E-state index contributed by atoms with van der Waals surface area (Å²) in [6.45, 7) is 0. The largest absolute Gasteiger partial charge is 0.481 e. The minimum absolute atomic E-state index is 0.601. The highest BCUT2D eigenvalue weighted by Crippen LogP contribution is 2.08. The summed E-state index contributed by atoms with van der Waals surface area (Å²) in [6.07, 6.45) is 1.59. The van der Waals surface area contributed by atoms with Gasteiger partial charge in [0.2, 0.25) is 5.88 Å². The van der Waals surface area contributed by atoms with Crippen molar-refractivity contribution in [2.45, 2.75) is 4.90 Å². The van der Waals surface area contributed by atoms with Gasteiger partial charge in [0.25, 0.3) is 0 Å². The van der Waals surface area contributed by atoms with Crippen molar-refractivity contribution >= 4 is 12.6 Å². The Balaban J connectivity index is 2.88. The zero-order valence-electron chi connectivity index (χ0n) is 5.00. The molecule has 2 nitrogen and oxygen atoms in total. The fourth-order valence-corrected chi connectivity index (χ4v) is 0.608. The van der Waals surface area contributed by atoms with Gasteiger partial charge in [-0.1, -0.05) is 12.6 Å². The number of hydrogen-bond acceptors (Lipinski definition) is 2. The van der Waals surface area contributed by atoms with Crippen LogP contribution in [0.3, 0.4) is 0 Å². The number of rotatable bonds is 1. The molecule has 1 heterocycles. The van der Waals surface area contributed by atoms with Crippen molar-refractivity contribution in [1.82, 2.24) is 4.98 Å². The van der Waals surface area contributed by atoms with Crippen LogP contribution in [0.2, 0.25) is 0 Å². The summed E-state index contributed by atoms with van der Waals surface area (Å²) in [4.78, 5) is 4.60. The maximum Gasteiger partial charge on any atom is 0.212 e. The minimum atomic E-state index is 0.601. The normalized spacial score (nSPS) is 9.00. The summed E-state index contributed by atoms with van der Waals surface area (Å²) < 4.78 is 4.81. The van der Waals surface area contributed by atoms with Crippen molar-refractivity contribution in [3.8, 4) is 5.88 Å². The molecule has 1 radical (unpaired) electrons. The van der Waals surface area contributed by atoms with Gasteiger partial charge in [0.05, 0.1) is 12.0 Å². The van der Waals surface area contributed by atoms with Gasteiger partial charge >= 0.3 is 0 Å². The van der Waals surface area contributed by atoms with E-state index in [4.69, 9.17) is 17.4 Å². The van der Waals surface area contributed by atoms with Crippen molar-refractivity contribution in [1.29, 1.82) is 0 Å². The monoisotopic (exact) mass is 140 g/mol. The molecule has 0 aliphatic rings. The van der Waals surface area contributed by atoms with Crippen LogP contribution in [0, 0.1) is 0 Å². The molecule has 0 N–H and O–H groups in total. The molecule has 3 heteroatoms. The average molecular weight is 140 g/mol. The van der Waals surface area contributed by atoms with E-state index >= 15 is 0 Å². The van der Waals surface area contributed by atoms with Crippen molar-refractivity contribution in [3.05, 3.63) is 18.3 Å². The molecule has 1 rings (SSSR count). The molecule has 0 aliphatic heterocycles. The van der Waals surface area contributed by atoms with E-state index in [1.54, 1.807) is 25.4 Å². The number of aromatic nitrogens is 1. The number of pyridine rings is 1. The highest BCUT2D eigenvalue weighted by Gasteiger charge is 1.88. The first-order valence-electron chi connectivity index (χ1n) is 2.50. The van der Waals surface area contributed by atoms with Crippen molar-refractivity contribution in [2.24, 2.45) is 0 Å². The van der Waals surface area contributed by atoms with E-state index in [9.17, 15) is 0 Å². The van der Waals surface area contributed by atoms with Gasteiger partial charge in [0, 0.05) is 12.3 Å². The second kappa shape index (κ2) is 2.64. The maximum absolute atomic E-state index is 4.81. The Morgan fingerprint density at radius 2 is 2.33 bits per heavy atom. The minimum Gasteiger partial charge on any atom is -0.481 e. The van der Waals surface area contributed by atoms with Crippen LogP contribution in [-0.2, 0) is 0 Å². The van der Waals surface area contributed by atoms with Gasteiger partial charge in [0.15, 0.2) is 0 Å². The fraction of sp³-hybridized carbons (Fsp3) is 0.167. The molecule has 0 spiro atoms. The van der Waals surface area contributed by atoms with Crippen LogP contribution < -0.4 is 4.74 Å². The van der Waals surface area contributed by atoms with Crippen LogP contribution in [0.25, 0.3) is 0 Å². The second-order valence-corrected chi connectivity index (χ2v) is 2.01. The summed E-state index contributed by atoms with van der Waals surface area (Å²) >= 11 is 4.80. The topological polar surface area (TPSA) is 22.1 Å². The van der Waals surface area contributed by atoms with Crippen LogP contribution in [0.1, 0.15) is 0 Å². The van der Waals surface area contributed by atoms with E-state index in [-0.39, 0.29) is 0 Å². The molecular formula is C6H6NOS. The SMILES string of the molecule is COc1ccc([S])cn1. The Morgan fingerprint density at radius 1 is 1.56 bits per heavy atom. The molecule has 1 aromatic rings. The number of nitrogens with zero attached hydrogens (tertiary/aromatic N) is 1. The standard InChI is InChI=1S/C6H6NOS/c1-8-6-3-2-5(9)4-7-6/h2-4H,1H3. The molecule has 47 valence electrons. The fourth-order valence-electron chi connectivity index (χ4n) is 0.487. The van der Waals surface area contributed by atoms with Crippen LogP contribution >= 0.6 is 12.6 Å². The third-order valence-electron chi connectivity index (χ3n) is 0.918. The first-order valence-corrected chi connectivity index (χ1v) is 2.91. The zero-order chi connectivity index (χ0) is 6.69. The summed E-state index contributed by atoms with van der Waals surface area (Å²) in [5, 5.41) is 0. The second-order valence-electron chi connectivity index (χ2n) is 1.54. The Hall–Kier alpha value is -0.830. The predicted molar refractivity (Wildman–Crippen MR) is 36.6 cm³/mol. The molecule has 0 saturated heterocycles. The Labute approximate surface area is 59.3 Å². The van der Waals surface area contributed by atoms with Crippen LogP contribution in [0.4, 0.5) is 0 Å². The van der Waals surface area contributed by atoms with Gasteiger partial charge in [-0.25, -0.2) is 4.98 Å². The van der Waals surface area contributed by atoms with Gasteiger partial charge < -0.3 is 4.74 Å². The molecule has 0 bridgehead atoms. The molecule has 9 heavy (non-hydrogen) atoms. The summed E-state index contributed by atoms with van der Waals surface area (Å²) in [5.74, 6) is 0.601. The lowest BCUT2D eigenvalue weighted by atomic mass is 10.5. The molecule has 0 saturated carbocycles. The molecule has 0 fully saturated rings. The third kappa shape index (κ3) is 1.54. The van der Waals surface area contributed by atoms with Gasteiger partial charge in [-0.15, -0.1) is 0 Å². The smallest absolute Gasteiger partial charge is 0.212 e. The molecule has 0 unspecified atom stereocenters. The van der Waals surface area contributed by atoms with E-state index < -0.39 is 0 Å². The maximum atomic E-state index is 4.81. The van der Waals surface area contributed by atoms with E-state index in [1.807, 2.05) is 0 Å². The third-order valence-corrected chi connectivity index (χ3v) is 1.16. The molecular weight excluding hydrogens is 134 g/mol. The average Bonchev–Trinajstić information content (AvgIpc) is 1.90. The highest BCUT2D eigenvalue weighted by atomic mass is 32.1. The van der Waals surface area contributed by atoms with Crippen molar-refractivity contribution in [2.75, 3.05) is 7.11 Å².